The van der Waals surface area contributed by atoms with Gasteiger partial charge in [0.1, 0.15) is 18.1 Å². The number of benzene rings is 1. The number of ether oxygens (including phenoxy) is 3. The standard InChI is InChI=1S/C17H26N2O5/c1-4-19(13-16(20)18-17(21)23-6-3)11-12-24-15-9-7-14(8-10-15)22-5-2/h7-10H,4-6,11-13H2,1-3H3,(H,18,20,21). The van der Waals surface area contributed by atoms with Crippen molar-refractivity contribution in [1.82, 2.24) is 10.2 Å². The smallest absolute Gasteiger partial charge is 0.413 e. The molecule has 2 amide bonds. The number of imide groups is 1. The van der Waals surface area contributed by atoms with E-state index in [0.29, 0.717) is 26.3 Å². The van der Waals surface area contributed by atoms with Crippen LogP contribution in [0, 0.1) is 0 Å². The van der Waals surface area contributed by atoms with Crippen molar-refractivity contribution in [3.63, 3.8) is 0 Å². The molecule has 1 N–H and O–H groups in total. The maximum absolute atomic E-state index is 11.7. The van der Waals surface area contributed by atoms with Gasteiger partial charge in [-0.3, -0.25) is 15.0 Å². The van der Waals surface area contributed by atoms with Gasteiger partial charge in [-0.15, -0.1) is 0 Å². The van der Waals surface area contributed by atoms with Crippen molar-refractivity contribution in [1.29, 1.82) is 0 Å². The number of amides is 2. The average molecular weight is 338 g/mol. The Kier molecular flexibility index (Phi) is 9.29. The van der Waals surface area contributed by atoms with E-state index in [4.69, 9.17) is 9.47 Å². The molecule has 0 heterocycles. The predicted octanol–water partition coefficient (Wildman–Crippen LogP) is 2.06. The van der Waals surface area contributed by atoms with Crippen molar-refractivity contribution in [2.45, 2.75) is 20.8 Å². The molecule has 7 nitrogen and oxygen atoms in total. The van der Waals surface area contributed by atoms with Gasteiger partial charge in [0.05, 0.1) is 19.8 Å². The second-order valence-electron chi connectivity index (χ2n) is 4.89. The van der Waals surface area contributed by atoms with Gasteiger partial charge < -0.3 is 14.2 Å². The Morgan fingerprint density at radius 3 is 2.17 bits per heavy atom. The molecule has 0 aliphatic heterocycles. The quantitative estimate of drug-likeness (QED) is 0.704. The molecular weight excluding hydrogens is 312 g/mol. The fourth-order valence-corrected chi connectivity index (χ4v) is 1.96. The summed E-state index contributed by atoms with van der Waals surface area (Å²) in [7, 11) is 0. The summed E-state index contributed by atoms with van der Waals surface area (Å²) in [6, 6.07) is 7.38. The topological polar surface area (TPSA) is 77.1 Å². The summed E-state index contributed by atoms with van der Waals surface area (Å²) >= 11 is 0. The molecule has 7 heteroatoms. The Hall–Kier alpha value is -2.28. The molecule has 0 aliphatic carbocycles. The molecule has 24 heavy (non-hydrogen) atoms. The third-order valence-corrected chi connectivity index (χ3v) is 3.14. The van der Waals surface area contributed by atoms with E-state index in [1.165, 1.54) is 0 Å². The van der Waals surface area contributed by atoms with Crippen molar-refractivity contribution in [3.05, 3.63) is 24.3 Å². The molecule has 0 aromatic heterocycles. The van der Waals surface area contributed by atoms with E-state index >= 15 is 0 Å². The Bertz CT molecular complexity index is 504. The number of rotatable bonds is 10. The van der Waals surface area contributed by atoms with Crippen molar-refractivity contribution in [2.24, 2.45) is 0 Å². The normalized spacial score (nSPS) is 10.3. The molecule has 0 saturated heterocycles. The van der Waals surface area contributed by atoms with Crippen LogP contribution < -0.4 is 14.8 Å². The second kappa shape index (κ2) is 11.3. The molecule has 0 atom stereocenters. The summed E-state index contributed by atoms with van der Waals surface area (Å²) in [6.07, 6.45) is -0.718. The zero-order chi connectivity index (χ0) is 17.8. The highest BCUT2D eigenvalue weighted by Gasteiger charge is 2.12. The van der Waals surface area contributed by atoms with E-state index in [0.717, 1.165) is 11.5 Å². The average Bonchev–Trinajstić information content (AvgIpc) is 2.55. The number of nitrogens with one attached hydrogen (secondary N) is 1. The van der Waals surface area contributed by atoms with Gasteiger partial charge in [-0.2, -0.15) is 0 Å². The minimum Gasteiger partial charge on any atom is -0.494 e. The maximum Gasteiger partial charge on any atom is 0.413 e. The van der Waals surface area contributed by atoms with Gasteiger partial charge in [0.2, 0.25) is 5.91 Å². The molecule has 0 unspecified atom stereocenters. The van der Waals surface area contributed by atoms with Crippen LogP contribution in [0.4, 0.5) is 4.79 Å². The van der Waals surface area contributed by atoms with E-state index < -0.39 is 12.0 Å². The van der Waals surface area contributed by atoms with E-state index in [1.807, 2.05) is 43.0 Å². The van der Waals surface area contributed by atoms with Gasteiger partial charge in [0, 0.05) is 6.54 Å². The van der Waals surface area contributed by atoms with Gasteiger partial charge in [0.25, 0.3) is 0 Å². The van der Waals surface area contributed by atoms with Crippen LogP contribution in [0.3, 0.4) is 0 Å². The monoisotopic (exact) mass is 338 g/mol. The van der Waals surface area contributed by atoms with Crippen LogP contribution in [0.1, 0.15) is 20.8 Å². The number of hydrogen-bond acceptors (Lipinski definition) is 6. The summed E-state index contributed by atoms with van der Waals surface area (Å²) in [4.78, 5) is 24.8. The first-order chi connectivity index (χ1) is 11.6. The van der Waals surface area contributed by atoms with Crippen molar-refractivity contribution in [3.8, 4) is 11.5 Å². The molecule has 0 aliphatic rings. The highest BCUT2D eigenvalue weighted by Crippen LogP contribution is 2.17. The van der Waals surface area contributed by atoms with Crippen LogP contribution in [0.5, 0.6) is 11.5 Å². The Balaban J connectivity index is 2.32. The number of likely N-dealkylation sites (N-methyl/N-ethyl adjacent to an activating group) is 1. The van der Waals surface area contributed by atoms with Crippen molar-refractivity contribution < 1.29 is 23.8 Å². The molecule has 0 saturated carbocycles. The molecule has 134 valence electrons. The first-order valence-electron chi connectivity index (χ1n) is 8.13. The Morgan fingerprint density at radius 2 is 1.62 bits per heavy atom. The summed E-state index contributed by atoms with van der Waals surface area (Å²) in [6.45, 7) is 8.20. The third kappa shape index (κ3) is 7.82. The van der Waals surface area contributed by atoms with Crippen molar-refractivity contribution >= 4 is 12.0 Å². The van der Waals surface area contributed by atoms with Crippen LogP contribution in [-0.4, -0.2) is 56.4 Å². The van der Waals surface area contributed by atoms with Gasteiger partial charge in [-0.05, 0) is 44.7 Å². The third-order valence-electron chi connectivity index (χ3n) is 3.14. The SMILES string of the molecule is CCOC(=O)NC(=O)CN(CC)CCOc1ccc(OCC)cc1. The van der Waals surface area contributed by atoms with Gasteiger partial charge in [-0.25, -0.2) is 4.79 Å². The first-order valence-corrected chi connectivity index (χ1v) is 8.13. The summed E-state index contributed by atoms with van der Waals surface area (Å²) in [5, 5.41) is 2.18. The lowest BCUT2D eigenvalue weighted by atomic mass is 10.3. The zero-order valence-electron chi connectivity index (χ0n) is 14.5. The molecule has 1 rings (SSSR count). The Labute approximate surface area is 142 Å². The molecular formula is C17H26N2O5. The van der Waals surface area contributed by atoms with Gasteiger partial charge in [0.15, 0.2) is 0 Å². The summed E-state index contributed by atoms with van der Waals surface area (Å²) in [5.74, 6) is 1.15. The lowest BCUT2D eigenvalue weighted by Gasteiger charge is -2.19. The van der Waals surface area contributed by atoms with E-state index in [-0.39, 0.29) is 13.2 Å². The van der Waals surface area contributed by atoms with Crippen molar-refractivity contribution in [2.75, 3.05) is 39.5 Å². The molecule has 0 radical (unpaired) electrons. The largest absolute Gasteiger partial charge is 0.494 e. The lowest BCUT2D eigenvalue weighted by molar-refractivity contribution is -0.121. The molecule has 0 fully saturated rings. The van der Waals surface area contributed by atoms with E-state index in [9.17, 15) is 9.59 Å². The predicted molar refractivity (Wildman–Crippen MR) is 90.4 cm³/mol. The van der Waals surface area contributed by atoms with Crippen LogP contribution in [0.25, 0.3) is 0 Å². The highest BCUT2D eigenvalue weighted by molar-refractivity contribution is 5.92. The van der Waals surface area contributed by atoms with Crippen LogP contribution in [0.2, 0.25) is 0 Å². The summed E-state index contributed by atoms with van der Waals surface area (Å²) in [5.41, 5.74) is 0. The van der Waals surface area contributed by atoms with Crippen LogP contribution >= 0.6 is 0 Å². The lowest BCUT2D eigenvalue weighted by Crippen LogP contribution is -2.41. The number of carbonyl (C=O) groups excluding carboxylic acids is 2. The van der Waals surface area contributed by atoms with Crippen LogP contribution in [-0.2, 0) is 9.53 Å². The zero-order valence-corrected chi connectivity index (χ0v) is 14.5. The fraction of sp³-hybridized carbons (Fsp3) is 0.529. The van der Waals surface area contributed by atoms with E-state index in [2.05, 4.69) is 10.1 Å². The number of nitrogens with zero attached hydrogens (tertiary/aromatic N) is 1. The minimum absolute atomic E-state index is 0.113. The molecule has 1 aromatic carbocycles. The fourth-order valence-electron chi connectivity index (χ4n) is 1.96. The summed E-state index contributed by atoms with van der Waals surface area (Å²) < 4.78 is 15.7. The second-order valence-corrected chi connectivity index (χ2v) is 4.89. The van der Waals surface area contributed by atoms with Gasteiger partial charge >= 0.3 is 6.09 Å². The van der Waals surface area contributed by atoms with Crippen LogP contribution in [0.15, 0.2) is 24.3 Å². The maximum atomic E-state index is 11.7. The Morgan fingerprint density at radius 1 is 1.00 bits per heavy atom. The van der Waals surface area contributed by atoms with Gasteiger partial charge in [-0.1, -0.05) is 6.92 Å². The van der Waals surface area contributed by atoms with E-state index in [1.54, 1.807) is 6.92 Å². The molecule has 1 aromatic rings. The number of alkyl carbamates (subject to hydrolysis) is 1. The molecule has 0 bridgehead atoms. The number of hydrogen-bond donors (Lipinski definition) is 1. The minimum atomic E-state index is -0.718. The molecule has 0 spiro atoms. The highest BCUT2D eigenvalue weighted by atomic mass is 16.5. The first kappa shape index (κ1) is 19.8. The number of carbonyl (C=O) groups is 2.